The van der Waals surface area contributed by atoms with Crippen LogP contribution in [0.25, 0.3) is 0 Å². The van der Waals surface area contributed by atoms with Gasteiger partial charge in [-0.2, -0.15) is 0 Å². The molecule has 172 valence electrons. The topological polar surface area (TPSA) is 109 Å². The molecule has 3 heterocycles. The fourth-order valence-electron chi connectivity index (χ4n) is 3.55. The van der Waals surface area contributed by atoms with Crippen LogP contribution in [0.1, 0.15) is 23.2 Å². The Morgan fingerprint density at radius 3 is 2.67 bits per heavy atom. The van der Waals surface area contributed by atoms with Crippen LogP contribution in [0.4, 0.5) is 11.6 Å². The van der Waals surface area contributed by atoms with Gasteiger partial charge in [-0.3, -0.25) is 14.6 Å². The summed E-state index contributed by atoms with van der Waals surface area (Å²) in [7, 11) is 0. The number of carbonyl (C=O) groups is 1. The van der Waals surface area contributed by atoms with E-state index < -0.39 is 0 Å². The summed E-state index contributed by atoms with van der Waals surface area (Å²) in [6, 6.07) is 13.3. The van der Waals surface area contributed by atoms with Gasteiger partial charge in [0.15, 0.2) is 0 Å². The number of hydrogen-bond donors (Lipinski definition) is 2. The highest BCUT2D eigenvalue weighted by atomic mass is 16.5. The van der Waals surface area contributed by atoms with Crippen molar-refractivity contribution in [3.63, 3.8) is 0 Å². The summed E-state index contributed by atoms with van der Waals surface area (Å²) in [5, 5.41) is 2.80. The van der Waals surface area contributed by atoms with E-state index in [4.69, 9.17) is 9.47 Å². The number of aryl methyl sites for hydroxylation is 1. The van der Waals surface area contributed by atoms with Crippen LogP contribution >= 0.6 is 0 Å². The molecular weight excluding hydrogens is 422 g/mol. The molecule has 1 amide bonds. The van der Waals surface area contributed by atoms with Crippen molar-refractivity contribution in [3.8, 4) is 5.88 Å². The normalized spacial score (nSPS) is 13.5. The predicted octanol–water partition coefficient (Wildman–Crippen LogP) is 2.46. The van der Waals surface area contributed by atoms with E-state index in [9.17, 15) is 9.59 Å². The van der Waals surface area contributed by atoms with Crippen molar-refractivity contribution in [2.24, 2.45) is 0 Å². The lowest BCUT2D eigenvalue weighted by molar-refractivity contribution is -0.116. The molecule has 4 rings (SSSR count). The van der Waals surface area contributed by atoms with Gasteiger partial charge < -0.3 is 19.7 Å². The zero-order chi connectivity index (χ0) is 23.0. The molecule has 1 aromatic carbocycles. The van der Waals surface area contributed by atoms with Gasteiger partial charge in [-0.05, 0) is 25.0 Å². The molecule has 0 aliphatic carbocycles. The Balaban J connectivity index is 1.28. The van der Waals surface area contributed by atoms with Gasteiger partial charge in [-0.1, -0.05) is 30.3 Å². The van der Waals surface area contributed by atoms with Gasteiger partial charge in [0, 0.05) is 36.8 Å². The number of carbonyl (C=O) groups excluding carboxylic acids is 1. The van der Waals surface area contributed by atoms with Gasteiger partial charge in [0.05, 0.1) is 25.1 Å². The molecule has 1 fully saturated rings. The van der Waals surface area contributed by atoms with E-state index in [2.05, 4.69) is 20.3 Å². The van der Waals surface area contributed by atoms with Crippen molar-refractivity contribution in [3.05, 3.63) is 75.8 Å². The second-order valence-electron chi connectivity index (χ2n) is 7.76. The molecule has 0 spiro atoms. The minimum absolute atomic E-state index is 0.161. The predicted molar refractivity (Wildman–Crippen MR) is 125 cm³/mol. The Hall–Kier alpha value is -3.72. The number of amides is 1. The van der Waals surface area contributed by atoms with Gasteiger partial charge in [0.2, 0.25) is 17.7 Å². The average molecular weight is 450 g/mol. The van der Waals surface area contributed by atoms with Crippen LogP contribution in [-0.2, 0) is 22.6 Å². The highest BCUT2D eigenvalue weighted by Crippen LogP contribution is 2.15. The van der Waals surface area contributed by atoms with E-state index in [0.717, 1.165) is 5.56 Å². The molecule has 1 aliphatic heterocycles. The fraction of sp³-hybridized carbons (Fsp3) is 0.333. The Bertz CT molecular complexity index is 1130. The molecular formula is C24H27N5O4. The summed E-state index contributed by atoms with van der Waals surface area (Å²) in [5.41, 5.74) is 2.56. The number of nitrogens with zero attached hydrogens (tertiary/aromatic N) is 3. The van der Waals surface area contributed by atoms with Crippen LogP contribution in [0.5, 0.6) is 5.88 Å². The number of benzene rings is 1. The molecule has 9 heteroatoms. The van der Waals surface area contributed by atoms with E-state index in [0.29, 0.717) is 68.1 Å². The van der Waals surface area contributed by atoms with Crippen molar-refractivity contribution in [1.82, 2.24) is 15.0 Å². The summed E-state index contributed by atoms with van der Waals surface area (Å²) < 4.78 is 11.0. The summed E-state index contributed by atoms with van der Waals surface area (Å²) in [6.07, 6.45) is 2.01. The maximum atomic E-state index is 12.6. The van der Waals surface area contributed by atoms with Crippen LogP contribution in [0.2, 0.25) is 0 Å². The SMILES string of the molecule is Cc1nc(N2CCOCC2)[nH]c(=O)c1CCC(=O)Nc1ccc(OCc2ccccc2)nc1. The summed E-state index contributed by atoms with van der Waals surface area (Å²) in [5.74, 6) is 0.825. The Morgan fingerprint density at radius 1 is 1.18 bits per heavy atom. The number of aromatic nitrogens is 3. The van der Waals surface area contributed by atoms with Gasteiger partial charge >= 0.3 is 0 Å². The van der Waals surface area contributed by atoms with E-state index in [1.807, 2.05) is 35.2 Å². The lowest BCUT2D eigenvalue weighted by Crippen LogP contribution is -2.38. The smallest absolute Gasteiger partial charge is 0.255 e. The number of H-pyrrole nitrogens is 1. The number of hydrogen-bond acceptors (Lipinski definition) is 7. The standard InChI is InChI=1S/C24H27N5O4/c1-17-20(23(31)28-24(26-17)29-11-13-32-14-12-29)8-9-21(30)27-19-7-10-22(25-15-19)33-16-18-5-3-2-4-6-18/h2-7,10,15H,8-9,11-14,16H2,1H3,(H,27,30)(H,26,28,31). The fourth-order valence-corrected chi connectivity index (χ4v) is 3.55. The van der Waals surface area contributed by atoms with Gasteiger partial charge in [0.1, 0.15) is 6.61 Å². The summed E-state index contributed by atoms with van der Waals surface area (Å²) in [4.78, 5) is 38.6. The Labute approximate surface area is 191 Å². The lowest BCUT2D eigenvalue weighted by Gasteiger charge is -2.27. The summed E-state index contributed by atoms with van der Waals surface area (Å²) in [6.45, 7) is 4.82. The summed E-state index contributed by atoms with van der Waals surface area (Å²) >= 11 is 0. The number of morpholine rings is 1. The number of ether oxygens (including phenoxy) is 2. The van der Waals surface area contributed by atoms with Crippen molar-refractivity contribution >= 4 is 17.5 Å². The zero-order valence-electron chi connectivity index (χ0n) is 18.5. The highest BCUT2D eigenvalue weighted by molar-refractivity contribution is 5.90. The van der Waals surface area contributed by atoms with E-state index in [1.54, 1.807) is 25.3 Å². The first-order valence-corrected chi connectivity index (χ1v) is 10.9. The number of pyridine rings is 1. The van der Waals surface area contributed by atoms with Crippen molar-refractivity contribution < 1.29 is 14.3 Å². The Morgan fingerprint density at radius 2 is 1.97 bits per heavy atom. The minimum atomic E-state index is -0.210. The molecule has 2 N–H and O–H groups in total. The lowest BCUT2D eigenvalue weighted by atomic mass is 10.1. The molecule has 33 heavy (non-hydrogen) atoms. The second kappa shape index (κ2) is 10.7. The molecule has 1 saturated heterocycles. The quantitative estimate of drug-likeness (QED) is 0.544. The number of aromatic amines is 1. The first-order chi connectivity index (χ1) is 16.1. The number of rotatable bonds is 8. The van der Waals surface area contributed by atoms with Gasteiger partial charge in [-0.25, -0.2) is 9.97 Å². The maximum Gasteiger partial charge on any atom is 0.255 e. The van der Waals surface area contributed by atoms with Crippen molar-refractivity contribution in [2.45, 2.75) is 26.4 Å². The molecule has 2 aromatic heterocycles. The van der Waals surface area contributed by atoms with Gasteiger partial charge in [-0.15, -0.1) is 0 Å². The van der Waals surface area contributed by atoms with Gasteiger partial charge in [0.25, 0.3) is 5.56 Å². The van der Waals surface area contributed by atoms with Crippen molar-refractivity contribution in [2.75, 3.05) is 36.5 Å². The first kappa shape index (κ1) is 22.5. The molecule has 0 unspecified atom stereocenters. The van der Waals surface area contributed by atoms with E-state index >= 15 is 0 Å². The zero-order valence-corrected chi connectivity index (χ0v) is 18.5. The third-order valence-corrected chi connectivity index (χ3v) is 5.37. The van der Waals surface area contributed by atoms with Crippen LogP contribution in [-0.4, -0.2) is 47.2 Å². The van der Waals surface area contributed by atoms with Crippen LogP contribution < -0.4 is 20.5 Å². The second-order valence-corrected chi connectivity index (χ2v) is 7.76. The minimum Gasteiger partial charge on any atom is -0.473 e. The molecule has 0 saturated carbocycles. The molecule has 0 bridgehead atoms. The molecule has 3 aromatic rings. The van der Waals surface area contributed by atoms with Crippen LogP contribution in [0, 0.1) is 6.92 Å². The van der Waals surface area contributed by atoms with E-state index in [-0.39, 0.29) is 17.9 Å². The number of anilines is 2. The van der Waals surface area contributed by atoms with Crippen molar-refractivity contribution in [1.29, 1.82) is 0 Å². The largest absolute Gasteiger partial charge is 0.473 e. The third kappa shape index (κ3) is 6.17. The first-order valence-electron chi connectivity index (χ1n) is 10.9. The molecule has 9 nitrogen and oxygen atoms in total. The molecule has 0 radical (unpaired) electrons. The van der Waals surface area contributed by atoms with Crippen LogP contribution in [0.15, 0.2) is 53.5 Å². The molecule has 0 atom stereocenters. The monoisotopic (exact) mass is 449 g/mol. The third-order valence-electron chi connectivity index (χ3n) is 5.37. The van der Waals surface area contributed by atoms with E-state index in [1.165, 1.54) is 0 Å². The Kier molecular flexibility index (Phi) is 7.31. The highest BCUT2D eigenvalue weighted by Gasteiger charge is 2.17. The average Bonchev–Trinajstić information content (AvgIpc) is 2.84. The molecule has 1 aliphatic rings. The van der Waals surface area contributed by atoms with Crippen LogP contribution in [0.3, 0.4) is 0 Å². The number of nitrogens with one attached hydrogen (secondary N) is 2. The maximum absolute atomic E-state index is 12.6.